The van der Waals surface area contributed by atoms with Crippen LogP contribution in [-0.4, -0.2) is 68.1 Å². The number of carbonyl (C=O) groups excluding carboxylic acids is 2. The van der Waals surface area contributed by atoms with Crippen molar-refractivity contribution in [3.8, 4) is 5.75 Å². The molecule has 2 amide bonds. The summed E-state index contributed by atoms with van der Waals surface area (Å²) in [4.78, 5) is 29.9. The van der Waals surface area contributed by atoms with Gasteiger partial charge in [0.15, 0.2) is 0 Å². The van der Waals surface area contributed by atoms with Crippen molar-refractivity contribution < 1.29 is 23.5 Å². The van der Waals surface area contributed by atoms with Gasteiger partial charge in [0, 0.05) is 37.9 Å². The number of anilines is 1. The van der Waals surface area contributed by atoms with Gasteiger partial charge in [-0.2, -0.15) is 0 Å². The molecule has 2 aliphatic rings. The van der Waals surface area contributed by atoms with Crippen LogP contribution in [-0.2, 0) is 14.3 Å². The Morgan fingerprint density at radius 2 is 1.77 bits per heavy atom. The van der Waals surface area contributed by atoms with Gasteiger partial charge in [0.25, 0.3) is 11.8 Å². The maximum absolute atomic E-state index is 13.5. The van der Waals surface area contributed by atoms with Gasteiger partial charge in [-0.25, -0.2) is 4.39 Å². The van der Waals surface area contributed by atoms with Crippen LogP contribution in [0.5, 0.6) is 5.75 Å². The lowest BCUT2D eigenvalue weighted by Gasteiger charge is -2.28. The second kappa shape index (κ2) is 9.28. The molecule has 0 saturated carbocycles. The topological polar surface area (TPSA) is 71.1 Å². The van der Waals surface area contributed by atoms with E-state index in [2.05, 4.69) is 10.2 Å². The second-order valence-electron chi connectivity index (χ2n) is 7.33. The zero-order chi connectivity index (χ0) is 21.8. The van der Waals surface area contributed by atoms with E-state index in [4.69, 9.17) is 9.47 Å². The van der Waals surface area contributed by atoms with Crippen molar-refractivity contribution in [2.75, 3.05) is 51.8 Å². The fourth-order valence-electron chi connectivity index (χ4n) is 3.69. The van der Waals surface area contributed by atoms with Crippen molar-refractivity contribution in [2.45, 2.75) is 0 Å². The van der Waals surface area contributed by atoms with Crippen LogP contribution in [0.3, 0.4) is 0 Å². The second-order valence-corrected chi connectivity index (χ2v) is 7.33. The van der Waals surface area contributed by atoms with Crippen molar-refractivity contribution in [1.29, 1.82) is 0 Å². The van der Waals surface area contributed by atoms with E-state index in [1.54, 1.807) is 31.4 Å². The summed E-state index contributed by atoms with van der Waals surface area (Å²) in [6.07, 6.45) is 0. The molecule has 0 aliphatic carbocycles. The SMILES string of the molecule is COc1cccc(NC2=C(c3ccc(F)cc3)C(=O)N(CCN3CCOCC3)C2=O)c1. The molecule has 0 bridgehead atoms. The molecule has 0 radical (unpaired) electrons. The normalized spacial score (nSPS) is 17.4. The van der Waals surface area contributed by atoms with E-state index < -0.39 is 17.6 Å². The minimum Gasteiger partial charge on any atom is -0.497 e. The van der Waals surface area contributed by atoms with Gasteiger partial charge in [-0.1, -0.05) is 18.2 Å². The first-order chi connectivity index (χ1) is 15.1. The van der Waals surface area contributed by atoms with Crippen LogP contribution in [0.15, 0.2) is 54.2 Å². The molecule has 0 atom stereocenters. The molecule has 0 spiro atoms. The lowest BCUT2D eigenvalue weighted by atomic mass is 10.0. The van der Waals surface area contributed by atoms with Gasteiger partial charge in [-0.05, 0) is 29.8 Å². The number of imide groups is 1. The third kappa shape index (κ3) is 4.60. The van der Waals surface area contributed by atoms with E-state index in [0.29, 0.717) is 36.8 Å². The number of hydrogen-bond acceptors (Lipinski definition) is 6. The zero-order valence-electron chi connectivity index (χ0n) is 17.3. The lowest BCUT2D eigenvalue weighted by Crippen LogP contribution is -2.43. The van der Waals surface area contributed by atoms with E-state index in [9.17, 15) is 14.0 Å². The number of benzene rings is 2. The molecule has 4 rings (SSSR count). The summed E-state index contributed by atoms with van der Waals surface area (Å²) in [5.41, 5.74) is 1.51. The van der Waals surface area contributed by atoms with Gasteiger partial charge < -0.3 is 14.8 Å². The maximum atomic E-state index is 13.5. The fraction of sp³-hybridized carbons (Fsp3) is 0.304. The molecule has 8 heteroatoms. The van der Waals surface area contributed by atoms with Gasteiger partial charge in [-0.3, -0.25) is 19.4 Å². The molecule has 2 aliphatic heterocycles. The number of nitrogens with one attached hydrogen (secondary N) is 1. The molecular weight excluding hydrogens is 401 g/mol. The molecule has 1 fully saturated rings. The van der Waals surface area contributed by atoms with E-state index >= 15 is 0 Å². The molecule has 0 unspecified atom stereocenters. The van der Waals surface area contributed by atoms with Crippen LogP contribution in [0.4, 0.5) is 10.1 Å². The maximum Gasteiger partial charge on any atom is 0.278 e. The smallest absolute Gasteiger partial charge is 0.278 e. The number of rotatable bonds is 7. The summed E-state index contributed by atoms with van der Waals surface area (Å²) in [5.74, 6) is -0.585. The summed E-state index contributed by atoms with van der Waals surface area (Å²) < 4.78 is 24.1. The van der Waals surface area contributed by atoms with Gasteiger partial charge in [-0.15, -0.1) is 0 Å². The van der Waals surface area contributed by atoms with Crippen molar-refractivity contribution in [3.63, 3.8) is 0 Å². The summed E-state index contributed by atoms with van der Waals surface area (Å²) >= 11 is 0. The third-order valence-corrected chi connectivity index (χ3v) is 5.38. The molecule has 2 aromatic rings. The van der Waals surface area contributed by atoms with Crippen LogP contribution in [0.25, 0.3) is 5.57 Å². The fourth-order valence-corrected chi connectivity index (χ4v) is 3.69. The quantitative estimate of drug-likeness (QED) is 0.687. The highest BCUT2D eigenvalue weighted by Gasteiger charge is 2.39. The van der Waals surface area contributed by atoms with Crippen LogP contribution in [0.1, 0.15) is 5.56 Å². The summed E-state index contributed by atoms with van der Waals surface area (Å²) in [6, 6.07) is 12.7. The highest BCUT2D eigenvalue weighted by atomic mass is 19.1. The van der Waals surface area contributed by atoms with Crippen LogP contribution in [0.2, 0.25) is 0 Å². The lowest BCUT2D eigenvalue weighted by molar-refractivity contribution is -0.137. The number of methoxy groups -OCH3 is 1. The number of amides is 2. The van der Waals surface area contributed by atoms with Crippen LogP contribution >= 0.6 is 0 Å². The average molecular weight is 425 g/mol. The number of halogens is 1. The number of ether oxygens (including phenoxy) is 2. The molecule has 1 N–H and O–H groups in total. The first kappa shape index (κ1) is 21.0. The Hall–Kier alpha value is -3.23. The molecule has 162 valence electrons. The molecular formula is C23H24FN3O4. The standard InChI is InChI=1S/C23H24FN3O4/c1-30-19-4-2-3-18(15-19)25-21-20(16-5-7-17(24)8-6-16)22(28)27(23(21)29)10-9-26-11-13-31-14-12-26/h2-8,15,25H,9-14H2,1H3. The van der Waals surface area contributed by atoms with Crippen molar-refractivity contribution in [1.82, 2.24) is 9.80 Å². The Morgan fingerprint density at radius 3 is 2.48 bits per heavy atom. The zero-order valence-corrected chi connectivity index (χ0v) is 17.3. The van der Waals surface area contributed by atoms with Crippen LogP contribution in [0, 0.1) is 5.82 Å². The van der Waals surface area contributed by atoms with Crippen molar-refractivity contribution in [2.24, 2.45) is 0 Å². The van der Waals surface area contributed by atoms with Gasteiger partial charge in [0.05, 0.1) is 25.9 Å². The summed E-state index contributed by atoms with van der Waals surface area (Å²) in [6.45, 7) is 3.66. The molecule has 7 nitrogen and oxygen atoms in total. The summed E-state index contributed by atoms with van der Waals surface area (Å²) in [5, 5.41) is 3.09. The minimum absolute atomic E-state index is 0.173. The molecule has 31 heavy (non-hydrogen) atoms. The number of carbonyl (C=O) groups is 2. The Bertz CT molecular complexity index is 1000. The van der Waals surface area contributed by atoms with Crippen LogP contribution < -0.4 is 10.1 Å². The predicted octanol–water partition coefficient (Wildman–Crippen LogP) is 2.36. The molecule has 1 saturated heterocycles. The van der Waals surface area contributed by atoms with Gasteiger partial charge in [0.1, 0.15) is 17.3 Å². The summed E-state index contributed by atoms with van der Waals surface area (Å²) in [7, 11) is 1.56. The highest BCUT2D eigenvalue weighted by molar-refractivity contribution is 6.36. The Balaban J connectivity index is 1.62. The van der Waals surface area contributed by atoms with Crippen molar-refractivity contribution in [3.05, 3.63) is 65.6 Å². The predicted molar refractivity (Wildman–Crippen MR) is 114 cm³/mol. The Morgan fingerprint density at radius 1 is 1.03 bits per heavy atom. The first-order valence-electron chi connectivity index (χ1n) is 10.1. The number of morpholine rings is 1. The van der Waals surface area contributed by atoms with Gasteiger partial charge >= 0.3 is 0 Å². The molecule has 0 aromatic heterocycles. The molecule has 2 aromatic carbocycles. The average Bonchev–Trinajstić information content (AvgIpc) is 3.03. The molecule has 2 heterocycles. The van der Waals surface area contributed by atoms with E-state index in [-0.39, 0.29) is 17.8 Å². The van der Waals surface area contributed by atoms with E-state index in [0.717, 1.165) is 13.1 Å². The Kier molecular flexibility index (Phi) is 6.29. The van der Waals surface area contributed by atoms with E-state index in [1.165, 1.54) is 29.2 Å². The number of hydrogen-bond donors (Lipinski definition) is 1. The Labute approximate surface area is 180 Å². The van der Waals surface area contributed by atoms with Crippen molar-refractivity contribution >= 4 is 23.1 Å². The van der Waals surface area contributed by atoms with Gasteiger partial charge in [0.2, 0.25) is 0 Å². The minimum atomic E-state index is -0.410. The monoisotopic (exact) mass is 425 g/mol. The largest absolute Gasteiger partial charge is 0.497 e. The number of nitrogens with zero attached hydrogens (tertiary/aromatic N) is 2. The highest BCUT2D eigenvalue weighted by Crippen LogP contribution is 2.31. The first-order valence-corrected chi connectivity index (χ1v) is 10.1. The third-order valence-electron chi connectivity index (χ3n) is 5.38. The van der Waals surface area contributed by atoms with E-state index in [1.807, 2.05) is 0 Å².